The first kappa shape index (κ1) is 19.3. The Bertz CT molecular complexity index is 1050. The van der Waals surface area contributed by atoms with Crippen LogP contribution in [-0.4, -0.2) is 45.7 Å². The molecule has 0 amide bonds. The molecule has 0 unspecified atom stereocenters. The first-order chi connectivity index (χ1) is 14.1. The standard InChI is InChI=1S/C24H26N2O3/c27-21-6-3-5-18(14-21)17-9-12-26(13-10-17)11-2-1-4-20-16-25-23-8-7-19(24(28)29)15-22(20)23/h3,5-9,14-16,25,27H,1-2,4,10-13H2,(H,28,29). The van der Waals surface area contributed by atoms with E-state index in [1.54, 1.807) is 18.2 Å². The molecule has 0 radical (unpaired) electrons. The minimum Gasteiger partial charge on any atom is -0.508 e. The highest BCUT2D eigenvalue weighted by Gasteiger charge is 2.13. The van der Waals surface area contributed by atoms with E-state index in [2.05, 4.69) is 22.0 Å². The number of hydrogen-bond acceptors (Lipinski definition) is 3. The van der Waals surface area contributed by atoms with E-state index >= 15 is 0 Å². The number of unbranched alkanes of at least 4 members (excludes halogenated alkanes) is 1. The number of carboxylic acid groups (broad SMARTS) is 1. The second kappa shape index (κ2) is 8.53. The molecule has 1 aliphatic rings. The number of aromatic nitrogens is 1. The number of aryl methyl sites for hydroxylation is 1. The first-order valence-electron chi connectivity index (χ1n) is 10.1. The van der Waals surface area contributed by atoms with Crippen LogP contribution in [0.3, 0.4) is 0 Å². The summed E-state index contributed by atoms with van der Waals surface area (Å²) in [5, 5.41) is 19.9. The van der Waals surface area contributed by atoms with Crippen molar-refractivity contribution >= 4 is 22.4 Å². The van der Waals surface area contributed by atoms with Crippen molar-refractivity contribution in [2.45, 2.75) is 25.7 Å². The Kier molecular flexibility index (Phi) is 5.67. The van der Waals surface area contributed by atoms with Crippen LogP contribution >= 0.6 is 0 Å². The molecule has 3 aromatic rings. The van der Waals surface area contributed by atoms with Crippen LogP contribution in [0.25, 0.3) is 16.5 Å². The Morgan fingerprint density at radius 2 is 2.03 bits per heavy atom. The molecule has 29 heavy (non-hydrogen) atoms. The average molecular weight is 390 g/mol. The molecule has 2 heterocycles. The van der Waals surface area contributed by atoms with Crippen molar-refractivity contribution in [3.63, 3.8) is 0 Å². The van der Waals surface area contributed by atoms with E-state index in [0.717, 1.165) is 61.8 Å². The highest BCUT2D eigenvalue weighted by molar-refractivity contribution is 5.94. The van der Waals surface area contributed by atoms with Crippen LogP contribution in [0, 0.1) is 0 Å². The van der Waals surface area contributed by atoms with Crippen molar-refractivity contribution < 1.29 is 15.0 Å². The summed E-state index contributed by atoms with van der Waals surface area (Å²) < 4.78 is 0. The zero-order chi connectivity index (χ0) is 20.2. The van der Waals surface area contributed by atoms with Crippen molar-refractivity contribution in [3.8, 4) is 5.75 Å². The van der Waals surface area contributed by atoms with Gasteiger partial charge in [0, 0.05) is 30.2 Å². The zero-order valence-electron chi connectivity index (χ0n) is 16.4. The van der Waals surface area contributed by atoms with Gasteiger partial charge in [-0.05, 0) is 79.3 Å². The quantitative estimate of drug-likeness (QED) is 0.512. The Balaban J connectivity index is 1.28. The normalized spacial score (nSPS) is 14.8. The molecule has 0 saturated heterocycles. The van der Waals surface area contributed by atoms with Crippen molar-refractivity contribution in [1.82, 2.24) is 9.88 Å². The number of hydrogen-bond donors (Lipinski definition) is 3. The zero-order valence-corrected chi connectivity index (χ0v) is 16.4. The third-order valence-corrected chi connectivity index (χ3v) is 5.70. The molecule has 0 aliphatic carbocycles. The first-order valence-corrected chi connectivity index (χ1v) is 10.1. The van der Waals surface area contributed by atoms with Gasteiger partial charge in [0.1, 0.15) is 5.75 Å². The molecule has 0 bridgehead atoms. The summed E-state index contributed by atoms with van der Waals surface area (Å²) in [5.41, 5.74) is 4.94. The fraction of sp³-hybridized carbons (Fsp3) is 0.292. The summed E-state index contributed by atoms with van der Waals surface area (Å²) in [6.07, 6.45) is 8.41. The molecule has 0 fully saturated rings. The minimum absolute atomic E-state index is 0.318. The van der Waals surface area contributed by atoms with Gasteiger partial charge < -0.3 is 15.2 Å². The molecule has 0 spiro atoms. The lowest BCUT2D eigenvalue weighted by Crippen LogP contribution is -2.29. The number of aromatic carboxylic acids is 1. The predicted molar refractivity (Wildman–Crippen MR) is 115 cm³/mol. The number of carboxylic acids is 1. The van der Waals surface area contributed by atoms with Gasteiger partial charge in [-0.1, -0.05) is 18.2 Å². The van der Waals surface area contributed by atoms with Crippen LogP contribution in [0.1, 0.15) is 40.7 Å². The lowest BCUT2D eigenvalue weighted by Gasteiger charge is -2.26. The summed E-state index contributed by atoms with van der Waals surface area (Å²) in [6.45, 7) is 3.04. The molecule has 1 aliphatic heterocycles. The van der Waals surface area contributed by atoms with Crippen molar-refractivity contribution in [2.75, 3.05) is 19.6 Å². The van der Waals surface area contributed by atoms with Gasteiger partial charge >= 0.3 is 5.97 Å². The second-order valence-corrected chi connectivity index (χ2v) is 7.67. The minimum atomic E-state index is -0.887. The number of fused-ring (bicyclic) bond motifs is 1. The number of carbonyl (C=O) groups is 1. The fourth-order valence-electron chi connectivity index (χ4n) is 4.05. The summed E-state index contributed by atoms with van der Waals surface area (Å²) in [5.74, 6) is -0.569. The van der Waals surface area contributed by atoms with E-state index in [1.165, 1.54) is 11.1 Å². The Labute approximate surface area is 170 Å². The lowest BCUT2D eigenvalue weighted by molar-refractivity contribution is 0.0697. The second-order valence-electron chi connectivity index (χ2n) is 7.67. The van der Waals surface area contributed by atoms with Crippen LogP contribution in [-0.2, 0) is 6.42 Å². The van der Waals surface area contributed by atoms with Gasteiger partial charge in [-0.3, -0.25) is 4.90 Å². The third-order valence-electron chi connectivity index (χ3n) is 5.70. The number of phenolic OH excluding ortho intramolecular Hbond substituents is 1. The van der Waals surface area contributed by atoms with Gasteiger partial charge in [-0.25, -0.2) is 4.79 Å². The lowest BCUT2D eigenvalue weighted by atomic mass is 9.99. The van der Waals surface area contributed by atoms with E-state index in [9.17, 15) is 15.0 Å². The number of nitrogens with one attached hydrogen (secondary N) is 1. The summed E-state index contributed by atoms with van der Waals surface area (Å²) in [4.78, 5) is 16.9. The number of aromatic hydroxyl groups is 1. The smallest absolute Gasteiger partial charge is 0.335 e. The molecule has 5 nitrogen and oxygen atoms in total. The molecule has 150 valence electrons. The van der Waals surface area contributed by atoms with Gasteiger partial charge in [0.15, 0.2) is 0 Å². The molecule has 5 heteroatoms. The van der Waals surface area contributed by atoms with E-state index in [0.29, 0.717) is 11.3 Å². The van der Waals surface area contributed by atoms with Crippen molar-refractivity contribution in [3.05, 3.63) is 71.4 Å². The van der Waals surface area contributed by atoms with Crippen LogP contribution in [0.5, 0.6) is 5.75 Å². The number of phenols is 1. The average Bonchev–Trinajstić information content (AvgIpc) is 3.14. The molecule has 4 rings (SSSR count). The van der Waals surface area contributed by atoms with E-state index in [4.69, 9.17) is 0 Å². The number of benzene rings is 2. The molecular weight excluding hydrogens is 364 g/mol. The maximum Gasteiger partial charge on any atom is 0.335 e. The van der Waals surface area contributed by atoms with Crippen molar-refractivity contribution in [2.24, 2.45) is 0 Å². The fourth-order valence-corrected chi connectivity index (χ4v) is 4.05. The highest BCUT2D eigenvalue weighted by Crippen LogP contribution is 2.25. The molecule has 3 N–H and O–H groups in total. The maximum atomic E-state index is 11.2. The number of nitrogens with zero attached hydrogens (tertiary/aromatic N) is 1. The molecule has 0 atom stereocenters. The van der Waals surface area contributed by atoms with Crippen LogP contribution in [0.2, 0.25) is 0 Å². The monoisotopic (exact) mass is 390 g/mol. The summed E-state index contributed by atoms with van der Waals surface area (Å²) in [6, 6.07) is 12.7. The molecule has 1 aromatic heterocycles. The van der Waals surface area contributed by atoms with Gasteiger partial charge in [0.25, 0.3) is 0 Å². The van der Waals surface area contributed by atoms with Crippen molar-refractivity contribution in [1.29, 1.82) is 0 Å². The Morgan fingerprint density at radius 3 is 2.79 bits per heavy atom. The van der Waals surface area contributed by atoms with Crippen LogP contribution < -0.4 is 0 Å². The largest absolute Gasteiger partial charge is 0.508 e. The molecule has 0 saturated carbocycles. The molecular formula is C24H26N2O3. The van der Waals surface area contributed by atoms with E-state index in [-0.39, 0.29) is 0 Å². The van der Waals surface area contributed by atoms with Gasteiger partial charge in [-0.2, -0.15) is 0 Å². The number of H-pyrrole nitrogens is 1. The topological polar surface area (TPSA) is 76.6 Å². The van der Waals surface area contributed by atoms with Gasteiger partial charge in [-0.15, -0.1) is 0 Å². The number of rotatable bonds is 7. The SMILES string of the molecule is O=C(O)c1ccc2[nH]cc(CCCCN3CC=C(c4cccc(O)c4)CC3)c2c1. The number of aromatic amines is 1. The van der Waals surface area contributed by atoms with Crippen LogP contribution in [0.15, 0.2) is 54.7 Å². The van der Waals surface area contributed by atoms with E-state index in [1.807, 2.05) is 24.4 Å². The maximum absolute atomic E-state index is 11.2. The third kappa shape index (κ3) is 4.51. The van der Waals surface area contributed by atoms with E-state index < -0.39 is 5.97 Å². The Hall–Kier alpha value is -3.05. The highest BCUT2D eigenvalue weighted by atomic mass is 16.4. The Morgan fingerprint density at radius 1 is 1.14 bits per heavy atom. The summed E-state index contributed by atoms with van der Waals surface area (Å²) >= 11 is 0. The summed E-state index contributed by atoms with van der Waals surface area (Å²) in [7, 11) is 0. The van der Waals surface area contributed by atoms with Crippen LogP contribution in [0.4, 0.5) is 0 Å². The predicted octanol–water partition coefficient (Wildman–Crippen LogP) is 4.68. The molecule has 2 aromatic carbocycles. The van der Waals surface area contributed by atoms with Gasteiger partial charge in [0.2, 0.25) is 0 Å². The van der Waals surface area contributed by atoms with Gasteiger partial charge in [0.05, 0.1) is 5.56 Å².